The molecule has 100 valence electrons. The van der Waals surface area contributed by atoms with Crippen LogP contribution in [0, 0.1) is 6.92 Å². The largest absolute Gasteiger partial charge is 0.395 e. The molecule has 0 bridgehead atoms. The van der Waals surface area contributed by atoms with E-state index in [9.17, 15) is 4.79 Å². The average molecular weight is 251 g/mol. The Kier molecular flexibility index (Phi) is 6.39. The molecule has 4 heteroatoms. The zero-order valence-corrected chi connectivity index (χ0v) is 11.1. The van der Waals surface area contributed by atoms with Crippen LogP contribution in [-0.2, 0) is 4.74 Å². The van der Waals surface area contributed by atoms with Gasteiger partial charge in [-0.25, -0.2) is 0 Å². The SMILES string of the molecule is COCCCN(CCO)C(=O)c1ccc(C)cc1. The predicted molar refractivity (Wildman–Crippen MR) is 70.7 cm³/mol. The van der Waals surface area contributed by atoms with Gasteiger partial charge < -0.3 is 14.7 Å². The van der Waals surface area contributed by atoms with Crippen molar-refractivity contribution in [3.8, 4) is 0 Å². The van der Waals surface area contributed by atoms with Gasteiger partial charge in [0.25, 0.3) is 5.91 Å². The van der Waals surface area contributed by atoms with Gasteiger partial charge in [-0.1, -0.05) is 17.7 Å². The lowest BCUT2D eigenvalue weighted by atomic mass is 10.1. The van der Waals surface area contributed by atoms with Crippen LogP contribution in [0.15, 0.2) is 24.3 Å². The minimum atomic E-state index is -0.0415. The number of aliphatic hydroxyl groups is 1. The molecule has 1 amide bonds. The second kappa shape index (κ2) is 7.84. The fourth-order valence-corrected chi connectivity index (χ4v) is 1.71. The summed E-state index contributed by atoms with van der Waals surface area (Å²) in [7, 11) is 1.64. The van der Waals surface area contributed by atoms with Crippen molar-refractivity contribution >= 4 is 5.91 Å². The Morgan fingerprint density at radius 2 is 1.94 bits per heavy atom. The van der Waals surface area contributed by atoms with Gasteiger partial charge in [0, 0.05) is 32.4 Å². The first-order valence-corrected chi connectivity index (χ1v) is 6.14. The van der Waals surface area contributed by atoms with Crippen molar-refractivity contribution in [2.75, 3.05) is 33.4 Å². The fraction of sp³-hybridized carbons (Fsp3) is 0.500. The van der Waals surface area contributed by atoms with Crippen molar-refractivity contribution in [2.45, 2.75) is 13.3 Å². The maximum Gasteiger partial charge on any atom is 0.253 e. The van der Waals surface area contributed by atoms with Gasteiger partial charge in [0.1, 0.15) is 0 Å². The van der Waals surface area contributed by atoms with Crippen molar-refractivity contribution in [1.82, 2.24) is 4.90 Å². The number of nitrogens with zero attached hydrogens (tertiary/aromatic N) is 1. The maximum atomic E-state index is 12.2. The molecule has 18 heavy (non-hydrogen) atoms. The van der Waals surface area contributed by atoms with Gasteiger partial charge in [-0.2, -0.15) is 0 Å². The second-order valence-electron chi connectivity index (χ2n) is 4.23. The monoisotopic (exact) mass is 251 g/mol. The molecule has 4 nitrogen and oxygen atoms in total. The van der Waals surface area contributed by atoms with Gasteiger partial charge in [0.05, 0.1) is 6.61 Å². The van der Waals surface area contributed by atoms with Crippen LogP contribution in [0.5, 0.6) is 0 Å². The van der Waals surface area contributed by atoms with Gasteiger partial charge >= 0.3 is 0 Å². The Bertz CT molecular complexity index is 362. The van der Waals surface area contributed by atoms with E-state index in [1.54, 1.807) is 12.0 Å². The minimum absolute atomic E-state index is 0.0232. The molecule has 1 rings (SSSR count). The summed E-state index contributed by atoms with van der Waals surface area (Å²) in [5, 5.41) is 9.01. The van der Waals surface area contributed by atoms with Gasteiger partial charge in [-0.15, -0.1) is 0 Å². The molecule has 0 saturated heterocycles. The summed E-state index contributed by atoms with van der Waals surface area (Å²) in [5.74, 6) is -0.0415. The second-order valence-corrected chi connectivity index (χ2v) is 4.23. The number of rotatable bonds is 7. The lowest BCUT2D eigenvalue weighted by molar-refractivity contribution is 0.0701. The first-order chi connectivity index (χ1) is 8.69. The Morgan fingerprint density at radius 1 is 1.28 bits per heavy atom. The number of hydrogen-bond acceptors (Lipinski definition) is 3. The molecule has 0 atom stereocenters. The van der Waals surface area contributed by atoms with Crippen LogP contribution in [0.4, 0.5) is 0 Å². The van der Waals surface area contributed by atoms with Crippen LogP contribution in [-0.4, -0.2) is 49.3 Å². The number of aliphatic hydroxyl groups excluding tert-OH is 1. The first kappa shape index (κ1) is 14.7. The molecule has 0 aliphatic carbocycles. The van der Waals surface area contributed by atoms with Gasteiger partial charge in [0.15, 0.2) is 0 Å². The van der Waals surface area contributed by atoms with E-state index in [-0.39, 0.29) is 12.5 Å². The lowest BCUT2D eigenvalue weighted by Gasteiger charge is -2.21. The highest BCUT2D eigenvalue weighted by Gasteiger charge is 2.14. The van der Waals surface area contributed by atoms with E-state index in [0.717, 1.165) is 12.0 Å². The third kappa shape index (κ3) is 4.47. The number of ether oxygens (including phenoxy) is 1. The van der Waals surface area contributed by atoms with E-state index in [0.29, 0.717) is 25.3 Å². The van der Waals surface area contributed by atoms with Crippen LogP contribution >= 0.6 is 0 Å². The number of amides is 1. The molecule has 1 aromatic rings. The lowest BCUT2D eigenvalue weighted by Crippen LogP contribution is -2.34. The quantitative estimate of drug-likeness (QED) is 0.746. The van der Waals surface area contributed by atoms with E-state index in [4.69, 9.17) is 9.84 Å². The van der Waals surface area contributed by atoms with E-state index in [1.165, 1.54) is 0 Å². The number of aryl methyl sites for hydroxylation is 1. The summed E-state index contributed by atoms with van der Waals surface area (Å²) in [6, 6.07) is 7.47. The number of carbonyl (C=O) groups is 1. The van der Waals surface area contributed by atoms with Crippen molar-refractivity contribution < 1.29 is 14.6 Å². The van der Waals surface area contributed by atoms with Crippen LogP contribution < -0.4 is 0 Å². The molecule has 0 unspecified atom stereocenters. The van der Waals surface area contributed by atoms with E-state index in [2.05, 4.69) is 0 Å². The number of methoxy groups -OCH3 is 1. The number of benzene rings is 1. The molecular formula is C14H21NO3. The van der Waals surface area contributed by atoms with E-state index < -0.39 is 0 Å². The van der Waals surface area contributed by atoms with Crippen molar-refractivity contribution in [3.05, 3.63) is 35.4 Å². The molecule has 0 heterocycles. The predicted octanol–water partition coefficient (Wildman–Crippen LogP) is 1.47. The van der Waals surface area contributed by atoms with Gasteiger partial charge in [-0.3, -0.25) is 4.79 Å². The van der Waals surface area contributed by atoms with Crippen molar-refractivity contribution in [2.24, 2.45) is 0 Å². The number of hydrogen-bond donors (Lipinski definition) is 1. The molecule has 0 radical (unpaired) electrons. The molecule has 0 spiro atoms. The average Bonchev–Trinajstić information content (AvgIpc) is 2.38. The van der Waals surface area contributed by atoms with Gasteiger partial charge in [0.2, 0.25) is 0 Å². The summed E-state index contributed by atoms with van der Waals surface area (Å²) in [6.45, 7) is 3.53. The summed E-state index contributed by atoms with van der Waals surface area (Å²) >= 11 is 0. The van der Waals surface area contributed by atoms with Crippen LogP contribution in [0.25, 0.3) is 0 Å². The number of carbonyl (C=O) groups excluding carboxylic acids is 1. The van der Waals surface area contributed by atoms with Crippen molar-refractivity contribution in [1.29, 1.82) is 0 Å². The topological polar surface area (TPSA) is 49.8 Å². The Balaban J connectivity index is 2.66. The summed E-state index contributed by atoms with van der Waals surface area (Å²) < 4.78 is 4.97. The standard InChI is InChI=1S/C14H21NO3/c1-12-4-6-13(7-5-12)14(17)15(9-10-16)8-3-11-18-2/h4-7,16H,3,8-11H2,1-2H3. The highest BCUT2D eigenvalue weighted by Crippen LogP contribution is 2.07. The highest BCUT2D eigenvalue weighted by atomic mass is 16.5. The molecule has 0 aromatic heterocycles. The fourth-order valence-electron chi connectivity index (χ4n) is 1.71. The highest BCUT2D eigenvalue weighted by molar-refractivity contribution is 5.94. The molecule has 1 N–H and O–H groups in total. The summed E-state index contributed by atoms with van der Waals surface area (Å²) in [5.41, 5.74) is 1.78. The Labute approximate surface area is 108 Å². The first-order valence-electron chi connectivity index (χ1n) is 6.14. The molecule has 1 aromatic carbocycles. The zero-order valence-electron chi connectivity index (χ0n) is 11.1. The van der Waals surface area contributed by atoms with Crippen LogP contribution in [0.3, 0.4) is 0 Å². The Morgan fingerprint density at radius 3 is 2.50 bits per heavy atom. The van der Waals surface area contributed by atoms with Gasteiger partial charge in [-0.05, 0) is 25.5 Å². The zero-order chi connectivity index (χ0) is 13.4. The molecular weight excluding hydrogens is 230 g/mol. The normalized spacial score (nSPS) is 10.4. The van der Waals surface area contributed by atoms with Crippen LogP contribution in [0.1, 0.15) is 22.3 Å². The smallest absolute Gasteiger partial charge is 0.253 e. The molecule has 0 saturated carbocycles. The minimum Gasteiger partial charge on any atom is -0.395 e. The molecule has 0 aliphatic rings. The van der Waals surface area contributed by atoms with E-state index >= 15 is 0 Å². The third-order valence-electron chi connectivity index (χ3n) is 2.73. The maximum absolute atomic E-state index is 12.2. The van der Waals surface area contributed by atoms with E-state index in [1.807, 2.05) is 31.2 Å². The Hall–Kier alpha value is -1.39. The molecule has 0 aliphatic heterocycles. The summed E-state index contributed by atoms with van der Waals surface area (Å²) in [6.07, 6.45) is 0.772. The van der Waals surface area contributed by atoms with Crippen LogP contribution in [0.2, 0.25) is 0 Å². The third-order valence-corrected chi connectivity index (χ3v) is 2.73. The van der Waals surface area contributed by atoms with Crippen molar-refractivity contribution in [3.63, 3.8) is 0 Å². The summed E-state index contributed by atoms with van der Waals surface area (Å²) in [4.78, 5) is 13.9. The molecule has 0 fully saturated rings.